The van der Waals surface area contributed by atoms with Crippen molar-refractivity contribution in [2.45, 2.75) is 46.1 Å². The number of nitrogens with one attached hydrogen (secondary N) is 1. The molecule has 0 bridgehead atoms. The minimum atomic E-state index is 0.462. The van der Waals surface area contributed by atoms with Crippen LogP contribution in [0.5, 0.6) is 0 Å². The number of hydrogen-bond donors (Lipinski definition) is 1. The van der Waals surface area contributed by atoms with Crippen LogP contribution in [0.1, 0.15) is 50.4 Å². The van der Waals surface area contributed by atoms with E-state index in [9.17, 15) is 0 Å². The van der Waals surface area contributed by atoms with E-state index in [1.807, 2.05) is 17.9 Å². The highest BCUT2D eigenvalue weighted by Gasteiger charge is 2.31. The van der Waals surface area contributed by atoms with Crippen LogP contribution in [0.25, 0.3) is 0 Å². The van der Waals surface area contributed by atoms with Gasteiger partial charge in [-0.3, -0.25) is 4.68 Å². The van der Waals surface area contributed by atoms with Crippen LogP contribution < -0.4 is 5.32 Å². The van der Waals surface area contributed by atoms with Gasteiger partial charge < -0.3 is 5.32 Å². The molecule has 2 rings (SSSR count). The first-order valence-electron chi connectivity index (χ1n) is 7.18. The molecule has 1 aliphatic carbocycles. The van der Waals surface area contributed by atoms with Crippen LogP contribution in [-0.2, 0) is 7.05 Å². The SMILES string of the molecule is CNC(c1cnn(C)c1C)C1CC(C)CC(C)C1. The quantitative estimate of drug-likeness (QED) is 0.892. The molecule has 1 saturated carbocycles. The second-order valence-electron chi connectivity index (χ2n) is 6.25. The summed E-state index contributed by atoms with van der Waals surface area (Å²) in [6, 6.07) is 0.462. The summed E-state index contributed by atoms with van der Waals surface area (Å²) in [6.07, 6.45) is 6.10. The summed E-state index contributed by atoms with van der Waals surface area (Å²) in [5.41, 5.74) is 2.67. The fourth-order valence-electron chi connectivity index (χ4n) is 3.75. The van der Waals surface area contributed by atoms with Crippen molar-refractivity contribution in [1.82, 2.24) is 15.1 Å². The number of aryl methyl sites for hydroxylation is 1. The summed E-state index contributed by atoms with van der Waals surface area (Å²) in [6.45, 7) is 6.96. The molecule has 3 heteroatoms. The van der Waals surface area contributed by atoms with E-state index in [4.69, 9.17) is 0 Å². The zero-order valence-corrected chi connectivity index (χ0v) is 12.4. The molecule has 0 aliphatic heterocycles. The zero-order chi connectivity index (χ0) is 13.3. The fourth-order valence-corrected chi connectivity index (χ4v) is 3.75. The minimum Gasteiger partial charge on any atom is -0.313 e. The number of nitrogens with zero attached hydrogens (tertiary/aromatic N) is 2. The van der Waals surface area contributed by atoms with Crippen LogP contribution >= 0.6 is 0 Å². The van der Waals surface area contributed by atoms with E-state index in [0.717, 1.165) is 17.8 Å². The molecular weight excluding hydrogens is 222 g/mol. The molecule has 1 aliphatic rings. The van der Waals surface area contributed by atoms with Gasteiger partial charge in [0, 0.05) is 24.3 Å². The highest BCUT2D eigenvalue weighted by molar-refractivity contribution is 5.21. The average molecular weight is 249 g/mol. The molecule has 0 saturated heterocycles. The van der Waals surface area contributed by atoms with Gasteiger partial charge in [-0.25, -0.2) is 0 Å². The Labute approximate surface area is 111 Å². The lowest BCUT2D eigenvalue weighted by Crippen LogP contribution is -2.31. The van der Waals surface area contributed by atoms with Gasteiger partial charge >= 0.3 is 0 Å². The van der Waals surface area contributed by atoms with Crippen LogP contribution in [0.3, 0.4) is 0 Å². The molecule has 102 valence electrons. The first-order chi connectivity index (χ1) is 8.52. The number of aromatic nitrogens is 2. The second-order valence-corrected chi connectivity index (χ2v) is 6.25. The monoisotopic (exact) mass is 249 g/mol. The molecule has 1 aromatic rings. The van der Waals surface area contributed by atoms with Crippen molar-refractivity contribution in [2.24, 2.45) is 24.8 Å². The fraction of sp³-hybridized carbons (Fsp3) is 0.800. The molecule has 1 fully saturated rings. The summed E-state index contributed by atoms with van der Waals surface area (Å²) in [7, 11) is 4.11. The van der Waals surface area contributed by atoms with E-state index in [2.05, 4.69) is 38.2 Å². The Morgan fingerprint density at radius 3 is 2.33 bits per heavy atom. The molecule has 0 aromatic carbocycles. The van der Waals surface area contributed by atoms with Crippen LogP contribution in [0.15, 0.2) is 6.20 Å². The molecule has 1 N–H and O–H groups in total. The highest BCUT2D eigenvalue weighted by Crippen LogP contribution is 2.40. The molecule has 1 aromatic heterocycles. The van der Waals surface area contributed by atoms with Crippen molar-refractivity contribution in [3.05, 3.63) is 17.5 Å². The molecule has 3 nitrogen and oxygen atoms in total. The van der Waals surface area contributed by atoms with Crippen molar-refractivity contribution >= 4 is 0 Å². The van der Waals surface area contributed by atoms with Gasteiger partial charge in [0.15, 0.2) is 0 Å². The topological polar surface area (TPSA) is 29.9 Å². The van der Waals surface area contributed by atoms with Gasteiger partial charge in [-0.15, -0.1) is 0 Å². The Morgan fingerprint density at radius 2 is 1.89 bits per heavy atom. The number of rotatable bonds is 3. The van der Waals surface area contributed by atoms with Gasteiger partial charge in [-0.1, -0.05) is 13.8 Å². The lowest BCUT2D eigenvalue weighted by atomic mass is 9.72. The molecule has 1 heterocycles. The van der Waals surface area contributed by atoms with E-state index >= 15 is 0 Å². The number of hydrogen-bond acceptors (Lipinski definition) is 2. The molecule has 3 atom stereocenters. The van der Waals surface area contributed by atoms with Crippen molar-refractivity contribution in [2.75, 3.05) is 7.05 Å². The van der Waals surface area contributed by atoms with Crippen LogP contribution in [0.2, 0.25) is 0 Å². The summed E-state index contributed by atoms with van der Waals surface area (Å²) in [4.78, 5) is 0. The molecule has 0 spiro atoms. The van der Waals surface area contributed by atoms with Crippen molar-refractivity contribution in [1.29, 1.82) is 0 Å². The normalized spacial score (nSPS) is 30.4. The van der Waals surface area contributed by atoms with E-state index < -0.39 is 0 Å². The van der Waals surface area contributed by atoms with Gasteiger partial charge in [0.05, 0.1) is 6.20 Å². The van der Waals surface area contributed by atoms with E-state index in [1.54, 1.807) is 0 Å². The van der Waals surface area contributed by atoms with Crippen LogP contribution in [-0.4, -0.2) is 16.8 Å². The van der Waals surface area contributed by atoms with Crippen molar-refractivity contribution < 1.29 is 0 Å². The van der Waals surface area contributed by atoms with Gasteiger partial charge in [0.1, 0.15) is 0 Å². The standard InChI is InChI=1S/C15H27N3/c1-10-6-11(2)8-13(7-10)15(16-4)14-9-17-18(5)12(14)3/h9-11,13,15-16H,6-8H2,1-5H3. The highest BCUT2D eigenvalue weighted by atomic mass is 15.3. The van der Waals surface area contributed by atoms with E-state index in [0.29, 0.717) is 6.04 Å². The van der Waals surface area contributed by atoms with Crippen LogP contribution in [0, 0.1) is 24.7 Å². The minimum absolute atomic E-state index is 0.462. The van der Waals surface area contributed by atoms with Gasteiger partial charge in [-0.05, 0) is 51.0 Å². The Bertz CT molecular complexity index is 386. The Balaban J connectivity index is 2.20. The molecule has 3 unspecified atom stereocenters. The van der Waals surface area contributed by atoms with E-state index in [1.165, 1.54) is 30.5 Å². The maximum Gasteiger partial charge on any atom is 0.0540 e. The largest absolute Gasteiger partial charge is 0.313 e. The third-order valence-corrected chi connectivity index (χ3v) is 4.61. The summed E-state index contributed by atoms with van der Waals surface area (Å²) in [5.74, 6) is 2.45. The molecule has 0 radical (unpaired) electrons. The molecule has 0 amide bonds. The van der Waals surface area contributed by atoms with Crippen molar-refractivity contribution in [3.63, 3.8) is 0 Å². The van der Waals surface area contributed by atoms with Gasteiger partial charge in [0.25, 0.3) is 0 Å². The first-order valence-corrected chi connectivity index (χ1v) is 7.18. The Morgan fingerprint density at radius 1 is 1.28 bits per heavy atom. The third kappa shape index (κ3) is 2.61. The lowest BCUT2D eigenvalue weighted by Gasteiger charge is -2.36. The Kier molecular flexibility index (Phi) is 4.10. The molecular formula is C15H27N3. The van der Waals surface area contributed by atoms with E-state index in [-0.39, 0.29) is 0 Å². The maximum atomic E-state index is 4.39. The smallest absolute Gasteiger partial charge is 0.0540 e. The predicted octanol–water partition coefficient (Wildman–Crippen LogP) is 3.06. The van der Waals surface area contributed by atoms with Crippen LogP contribution in [0.4, 0.5) is 0 Å². The zero-order valence-electron chi connectivity index (χ0n) is 12.4. The van der Waals surface area contributed by atoms with Gasteiger partial charge in [-0.2, -0.15) is 5.10 Å². The lowest BCUT2D eigenvalue weighted by molar-refractivity contribution is 0.180. The van der Waals surface area contributed by atoms with Gasteiger partial charge in [0.2, 0.25) is 0 Å². The van der Waals surface area contributed by atoms with Crippen molar-refractivity contribution in [3.8, 4) is 0 Å². The maximum absolute atomic E-state index is 4.39. The summed E-state index contributed by atoms with van der Waals surface area (Å²) in [5, 5.41) is 7.92. The predicted molar refractivity (Wildman–Crippen MR) is 75.4 cm³/mol. The second kappa shape index (κ2) is 5.43. The summed E-state index contributed by atoms with van der Waals surface area (Å²) < 4.78 is 1.98. The summed E-state index contributed by atoms with van der Waals surface area (Å²) >= 11 is 0. The average Bonchev–Trinajstić information content (AvgIpc) is 2.61. The Hall–Kier alpha value is -0.830. The third-order valence-electron chi connectivity index (χ3n) is 4.61. The first kappa shape index (κ1) is 13.6. The molecule has 18 heavy (non-hydrogen) atoms.